The van der Waals surface area contributed by atoms with E-state index >= 15 is 0 Å². The predicted molar refractivity (Wildman–Crippen MR) is 74.9 cm³/mol. The van der Waals surface area contributed by atoms with E-state index in [2.05, 4.69) is 20.4 Å². The third kappa shape index (κ3) is 3.16. The van der Waals surface area contributed by atoms with Crippen molar-refractivity contribution in [2.75, 3.05) is 18.5 Å². The number of ether oxygens (including phenoxy) is 1. The van der Waals surface area contributed by atoms with Crippen molar-refractivity contribution >= 4 is 29.2 Å². The first kappa shape index (κ1) is 14.5. The zero-order valence-corrected chi connectivity index (χ0v) is 12.1. The monoisotopic (exact) mass is 297 g/mol. The van der Waals surface area contributed by atoms with E-state index in [-0.39, 0.29) is 5.97 Å². The number of esters is 1. The van der Waals surface area contributed by atoms with E-state index in [0.717, 1.165) is 11.4 Å². The van der Waals surface area contributed by atoms with Gasteiger partial charge >= 0.3 is 5.97 Å². The topological polar surface area (TPSA) is 81.4 Å². The van der Waals surface area contributed by atoms with E-state index < -0.39 is 0 Å². The summed E-state index contributed by atoms with van der Waals surface area (Å²) in [6, 6.07) is 0. The molecular formula is C12H16ClN5O2. The number of carbonyl (C=O) groups excluding carboxylic acids is 1. The Bertz CT molecular complexity index is 613. The van der Waals surface area contributed by atoms with Gasteiger partial charge in [0.05, 0.1) is 6.61 Å². The molecule has 0 aliphatic rings. The summed E-state index contributed by atoms with van der Waals surface area (Å²) >= 11 is 6.05. The van der Waals surface area contributed by atoms with Crippen LogP contribution in [0.15, 0.2) is 6.33 Å². The van der Waals surface area contributed by atoms with Gasteiger partial charge in [-0.2, -0.15) is 19.6 Å². The molecule has 108 valence electrons. The number of carbonyl (C=O) groups is 1. The Morgan fingerprint density at radius 3 is 3.10 bits per heavy atom. The SMILES string of the molecule is CCOC(=O)CCCNc1c(C)c(Cl)nc2ncnn12. The van der Waals surface area contributed by atoms with Crippen molar-refractivity contribution in [3.8, 4) is 0 Å². The molecule has 2 heterocycles. The van der Waals surface area contributed by atoms with Gasteiger partial charge in [-0.05, 0) is 20.3 Å². The number of hydrogen-bond acceptors (Lipinski definition) is 6. The second kappa shape index (κ2) is 6.51. The molecule has 2 rings (SSSR count). The minimum absolute atomic E-state index is 0.190. The summed E-state index contributed by atoms with van der Waals surface area (Å²) in [6.45, 7) is 4.66. The summed E-state index contributed by atoms with van der Waals surface area (Å²) in [4.78, 5) is 19.4. The molecule has 0 aromatic carbocycles. The maximum Gasteiger partial charge on any atom is 0.305 e. The first-order chi connectivity index (χ1) is 9.63. The molecule has 0 spiro atoms. The lowest BCUT2D eigenvalue weighted by atomic mass is 10.3. The molecule has 0 bridgehead atoms. The normalized spacial score (nSPS) is 10.8. The molecule has 2 aromatic rings. The van der Waals surface area contributed by atoms with Crippen molar-refractivity contribution < 1.29 is 9.53 Å². The van der Waals surface area contributed by atoms with Crippen molar-refractivity contribution in [2.24, 2.45) is 0 Å². The molecule has 0 aliphatic carbocycles. The molecule has 0 saturated carbocycles. The molecular weight excluding hydrogens is 282 g/mol. The average molecular weight is 298 g/mol. The molecule has 2 aromatic heterocycles. The maximum atomic E-state index is 11.2. The standard InChI is InChI=1S/C12H16ClN5O2/c1-3-20-9(19)5-4-6-14-11-8(2)10(13)17-12-15-7-16-18(11)12/h7,14H,3-6H2,1-2H3. The number of hydrogen-bond donors (Lipinski definition) is 1. The Hall–Kier alpha value is -1.89. The van der Waals surface area contributed by atoms with Gasteiger partial charge < -0.3 is 10.1 Å². The van der Waals surface area contributed by atoms with Crippen LogP contribution in [0.25, 0.3) is 5.78 Å². The van der Waals surface area contributed by atoms with Crippen molar-refractivity contribution in [3.63, 3.8) is 0 Å². The number of fused-ring (bicyclic) bond motifs is 1. The predicted octanol–water partition coefficient (Wildman–Crippen LogP) is 1.84. The maximum absolute atomic E-state index is 11.2. The van der Waals surface area contributed by atoms with E-state index in [1.54, 1.807) is 11.4 Å². The molecule has 0 amide bonds. The fourth-order valence-corrected chi connectivity index (χ4v) is 1.94. The van der Waals surface area contributed by atoms with E-state index in [0.29, 0.717) is 36.9 Å². The van der Waals surface area contributed by atoms with Crippen LogP contribution in [-0.2, 0) is 9.53 Å². The first-order valence-corrected chi connectivity index (χ1v) is 6.76. The Labute approximate surface area is 121 Å². The molecule has 1 N–H and O–H groups in total. The minimum atomic E-state index is -0.190. The summed E-state index contributed by atoms with van der Waals surface area (Å²) in [7, 11) is 0. The third-order valence-electron chi connectivity index (χ3n) is 2.76. The number of halogens is 1. The first-order valence-electron chi connectivity index (χ1n) is 6.38. The molecule has 0 saturated heterocycles. The minimum Gasteiger partial charge on any atom is -0.466 e. The Morgan fingerprint density at radius 2 is 2.35 bits per heavy atom. The highest BCUT2D eigenvalue weighted by Gasteiger charge is 2.11. The fourth-order valence-electron chi connectivity index (χ4n) is 1.78. The van der Waals surface area contributed by atoms with Crippen LogP contribution in [-0.4, -0.2) is 38.7 Å². The Kier molecular flexibility index (Phi) is 4.73. The van der Waals surface area contributed by atoms with Crippen LogP contribution in [0.2, 0.25) is 5.15 Å². The zero-order chi connectivity index (χ0) is 14.5. The molecule has 0 aliphatic heterocycles. The third-order valence-corrected chi connectivity index (χ3v) is 3.13. The summed E-state index contributed by atoms with van der Waals surface area (Å²) in [5.41, 5.74) is 0.792. The van der Waals surface area contributed by atoms with Gasteiger partial charge in [-0.3, -0.25) is 4.79 Å². The Morgan fingerprint density at radius 1 is 1.55 bits per heavy atom. The van der Waals surface area contributed by atoms with Crippen LogP contribution in [0, 0.1) is 6.92 Å². The van der Waals surface area contributed by atoms with E-state index in [4.69, 9.17) is 16.3 Å². The van der Waals surface area contributed by atoms with Crippen LogP contribution < -0.4 is 5.32 Å². The zero-order valence-electron chi connectivity index (χ0n) is 11.4. The van der Waals surface area contributed by atoms with Crippen LogP contribution in [0.4, 0.5) is 5.82 Å². The summed E-state index contributed by atoms with van der Waals surface area (Å²) in [5.74, 6) is 0.986. The summed E-state index contributed by atoms with van der Waals surface area (Å²) in [6.07, 6.45) is 2.45. The summed E-state index contributed by atoms with van der Waals surface area (Å²) < 4.78 is 6.46. The molecule has 0 atom stereocenters. The van der Waals surface area contributed by atoms with Crippen molar-refractivity contribution in [2.45, 2.75) is 26.7 Å². The van der Waals surface area contributed by atoms with Crippen LogP contribution in [0.3, 0.4) is 0 Å². The lowest BCUT2D eigenvalue weighted by Crippen LogP contribution is -2.12. The lowest BCUT2D eigenvalue weighted by Gasteiger charge is -2.11. The van der Waals surface area contributed by atoms with Gasteiger partial charge in [0.1, 0.15) is 17.3 Å². The average Bonchev–Trinajstić information content (AvgIpc) is 2.86. The van der Waals surface area contributed by atoms with Crippen LogP contribution in [0.1, 0.15) is 25.3 Å². The van der Waals surface area contributed by atoms with E-state index in [1.165, 1.54) is 6.33 Å². The number of anilines is 1. The quantitative estimate of drug-likeness (QED) is 0.498. The molecule has 0 unspecified atom stereocenters. The summed E-state index contributed by atoms with van der Waals surface area (Å²) in [5, 5.41) is 7.69. The van der Waals surface area contributed by atoms with Crippen molar-refractivity contribution in [1.29, 1.82) is 0 Å². The smallest absolute Gasteiger partial charge is 0.305 e. The van der Waals surface area contributed by atoms with Gasteiger partial charge in [0, 0.05) is 18.5 Å². The second-order valence-electron chi connectivity index (χ2n) is 4.18. The number of nitrogens with one attached hydrogen (secondary N) is 1. The van der Waals surface area contributed by atoms with Crippen LogP contribution >= 0.6 is 11.6 Å². The highest BCUT2D eigenvalue weighted by atomic mass is 35.5. The lowest BCUT2D eigenvalue weighted by molar-refractivity contribution is -0.143. The highest BCUT2D eigenvalue weighted by molar-refractivity contribution is 6.30. The molecule has 0 radical (unpaired) electrons. The van der Waals surface area contributed by atoms with Crippen LogP contribution in [0.5, 0.6) is 0 Å². The highest BCUT2D eigenvalue weighted by Crippen LogP contribution is 2.21. The van der Waals surface area contributed by atoms with Gasteiger partial charge in [-0.15, -0.1) is 0 Å². The molecule has 20 heavy (non-hydrogen) atoms. The number of nitrogens with zero attached hydrogens (tertiary/aromatic N) is 4. The molecule has 0 fully saturated rings. The van der Waals surface area contributed by atoms with Gasteiger partial charge in [-0.1, -0.05) is 11.6 Å². The Balaban J connectivity index is 2.01. The van der Waals surface area contributed by atoms with Gasteiger partial charge in [0.15, 0.2) is 0 Å². The fraction of sp³-hybridized carbons (Fsp3) is 0.500. The largest absolute Gasteiger partial charge is 0.466 e. The van der Waals surface area contributed by atoms with Crippen molar-refractivity contribution in [1.82, 2.24) is 19.6 Å². The van der Waals surface area contributed by atoms with E-state index in [9.17, 15) is 4.79 Å². The second-order valence-corrected chi connectivity index (χ2v) is 4.54. The molecule has 8 heteroatoms. The van der Waals surface area contributed by atoms with E-state index in [1.807, 2.05) is 6.92 Å². The van der Waals surface area contributed by atoms with Crippen molar-refractivity contribution in [3.05, 3.63) is 17.0 Å². The number of rotatable bonds is 6. The number of aromatic nitrogens is 4. The van der Waals surface area contributed by atoms with Gasteiger partial charge in [0.25, 0.3) is 5.78 Å². The molecule has 7 nitrogen and oxygen atoms in total. The van der Waals surface area contributed by atoms with Gasteiger partial charge in [0.2, 0.25) is 0 Å². The van der Waals surface area contributed by atoms with Gasteiger partial charge in [-0.25, -0.2) is 0 Å².